The van der Waals surface area contributed by atoms with Crippen molar-refractivity contribution in [2.45, 2.75) is 59.3 Å². The van der Waals surface area contributed by atoms with Crippen LogP contribution in [0.1, 0.15) is 53.0 Å². The number of hydrogen-bond acceptors (Lipinski definition) is 6. The minimum absolute atomic E-state index is 0.0720. The van der Waals surface area contributed by atoms with Crippen molar-refractivity contribution in [1.29, 1.82) is 0 Å². The third-order valence-corrected chi connectivity index (χ3v) is 7.01. The number of H-pyrrole nitrogens is 1. The molecule has 8 heteroatoms. The van der Waals surface area contributed by atoms with Crippen molar-refractivity contribution in [1.82, 2.24) is 35.1 Å². The Kier molecular flexibility index (Phi) is 7.70. The molecule has 0 amide bonds. The number of hydrogen-bond donors (Lipinski definition) is 1. The number of aryl methyl sites for hydroxylation is 4. The van der Waals surface area contributed by atoms with Crippen molar-refractivity contribution in [3.8, 4) is 0 Å². The summed E-state index contributed by atoms with van der Waals surface area (Å²) in [7, 11) is 0. The van der Waals surface area contributed by atoms with Gasteiger partial charge in [-0.05, 0) is 77.6 Å². The minimum atomic E-state index is -0.0878. The topological polar surface area (TPSA) is 92.6 Å². The van der Waals surface area contributed by atoms with Crippen LogP contribution in [-0.2, 0) is 26.1 Å². The van der Waals surface area contributed by atoms with Crippen LogP contribution in [-0.4, -0.2) is 35.1 Å². The van der Waals surface area contributed by atoms with E-state index in [0.29, 0.717) is 19.6 Å². The van der Waals surface area contributed by atoms with Crippen LogP contribution in [0.5, 0.6) is 0 Å². The lowest BCUT2D eigenvalue weighted by Crippen LogP contribution is -2.32. The molecule has 1 atom stereocenters. The summed E-state index contributed by atoms with van der Waals surface area (Å²) < 4.78 is 1.90. The van der Waals surface area contributed by atoms with E-state index in [4.69, 9.17) is 0 Å². The van der Waals surface area contributed by atoms with Gasteiger partial charge in [0.25, 0.3) is 5.56 Å². The molecule has 2 aromatic carbocycles. The molecule has 0 aliphatic carbocycles. The molecule has 5 aromatic rings. The molecule has 8 nitrogen and oxygen atoms in total. The standard InChI is InChI=1S/C30H33N7O/c1-4-28(29-33-34-35-37(29)14-12-23-9-6-5-7-10-23)36(19-24-11-8-13-31-18-24)20-25-17-26-22(3)15-21(2)16-27(26)32-30(25)38/h5-11,13,15-18,28H,4,12,14,19-20H2,1-3H3,(H,32,38). The van der Waals surface area contributed by atoms with Crippen LogP contribution in [0.15, 0.2) is 77.9 Å². The monoisotopic (exact) mass is 507 g/mol. The van der Waals surface area contributed by atoms with Gasteiger partial charge in [0.2, 0.25) is 0 Å². The molecule has 5 rings (SSSR count). The smallest absolute Gasteiger partial charge is 0.252 e. The van der Waals surface area contributed by atoms with E-state index in [9.17, 15) is 4.79 Å². The number of aromatic amines is 1. The summed E-state index contributed by atoms with van der Waals surface area (Å²) in [5.74, 6) is 0.802. The van der Waals surface area contributed by atoms with Gasteiger partial charge >= 0.3 is 0 Å². The van der Waals surface area contributed by atoms with Crippen molar-refractivity contribution >= 4 is 10.9 Å². The van der Waals surface area contributed by atoms with Gasteiger partial charge in [-0.25, -0.2) is 4.68 Å². The third-order valence-electron chi connectivity index (χ3n) is 7.01. The number of fused-ring (bicyclic) bond motifs is 1. The molecule has 1 N–H and O–H groups in total. The van der Waals surface area contributed by atoms with Crippen LogP contribution in [0.4, 0.5) is 0 Å². The molecule has 194 valence electrons. The Hall–Kier alpha value is -4.17. The maximum atomic E-state index is 13.2. The summed E-state index contributed by atoms with van der Waals surface area (Å²) >= 11 is 0. The van der Waals surface area contributed by atoms with Gasteiger partial charge in [-0.2, -0.15) is 0 Å². The van der Waals surface area contributed by atoms with Gasteiger partial charge in [0.15, 0.2) is 5.82 Å². The van der Waals surface area contributed by atoms with Crippen LogP contribution in [0.25, 0.3) is 10.9 Å². The molecular weight excluding hydrogens is 474 g/mol. The average molecular weight is 508 g/mol. The largest absolute Gasteiger partial charge is 0.322 e. The summed E-state index contributed by atoms with van der Waals surface area (Å²) in [4.78, 5) is 22.9. The first-order chi connectivity index (χ1) is 18.5. The first kappa shape index (κ1) is 25.5. The van der Waals surface area contributed by atoms with Gasteiger partial charge in [-0.1, -0.05) is 49.4 Å². The SMILES string of the molecule is CCC(c1nnnn1CCc1ccccc1)N(Cc1cccnc1)Cc1cc2c(C)cc(C)cc2[nH]c1=O. The maximum absolute atomic E-state index is 13.2. The number of pyridine rings is 2. The molecule has 1 unspecified atom stereocenters. The van der Waals surface area contributed by atoms with E-state index in [1.807, 2.05) is 54.2 Å². The summed E-state index contributed by atoms with van der Waals surface area (Å²) in [6, 6.07) is 20.5. The Balaban J connectivity index is 1.49. The number of rotatable bonds is 10. The summed E-state index contributed by atoms with van der Waals surface area (Å²) in [5.41, 5.74) is 6.10. The predicted molar refractivity (Wildman–Crippen MR) is 149 cm³/mol. The quantitative estimate of drug-likeness (QED) is 0.288. The zero-order valence-electron chi connectivity index (χ0n) is 22.1. The fraction of sp³-hybridized carbons (Fsp3) is 0.300. The Labute approximate surface area is 222 Å². The normalized spacial score (nSPS) is 12.3. The zero-order valence-corrected chi connectivity index (χ0v) is 22.1. The van der Waals surface area contributed by atoms with Crippen LogP contribution in [0, 0.1) is 13.8 Å². The van der Waals surface area contributed by atoms with Crippen molar-refractivity contribution in [3.63, 3.8) is 0 Å². The highest BCUT2D eigenvalue weighted by Gasteiger charge is 2.26. The van der Waals surface area contributed by atoms with E-state index in [2.05, 4.69) is 68.5 Å². The summed E-state index contributed by atoms with van der Waals surface area (Å²) in [6.07, 6.45) is 5.26. The van der Waals surface area contributed by atoms with Crippen LogP contribution in [0.2, 0.25) is 0 Å². The molecule has 0 saturated carbocycles. The molecule has 0 spiro atoms. The van der Waals surface area contributed by atoms with Crippen molar-refractivity contribution in [2.75, 3.05) is 0 Å². The van der Waals surface area contributed by atoms with Crippen LogP contribution in [0.3, 0.4) is 0 Å². The fourth-order valence-electron chi connectivity index (χ4n) is 5.15. The van der Waals surface area contributed by atoms with Gasteiger partial charge in [-0.15, -0.1) is 5.10 Å². The number of tetrazole rings is 1. The molecule has 0 fully saturated rings. The lowest BCUT2D eigenvalue weighted by molar-refractivity contribution is 0.160. The van der Waals surface area contributed by atoms with Gasteiger partial charge in [0.05, 0.1) is 6.04 Å². The van der Waals surface area contributed by atoms with Gasteiger partial charge in [0, 0.05) is 48.5 Å². The van der Waals surface area contributed by atoms with Crippen LogP contribution < -0.4 is 5.56 Å². The average Bonchev–Trinajstić information content (AvgIpc) is 3.38. The molecule has 0 aliphatic rings. The van der Waals surface area contributed by atoms with E-state index in [-0.39, 0.29) is 11.6 Å². The summed E-state index contributed by atoms with van der Waals surface area (Å²) in [5, 5.41) is 13.9. The minimum Gasteiger partial charge on any atom is -0.322 e. The Morgan fingerprint density at radius 1 is 1.00 bits per heavy atom. The molecule has 0 bridgehead atoms. The molecular formula is C30H33N7O. The predicted octanol–water partition coefficient (Wildman–Crippen LogP) is 4.92. The molecule has 0 radical (unpaired) electrons. The van der Waals surface area contributed by atoms with Gasteiger partial charge < -0.3 is 4.98 Å². The van der Waals surface area contributed by atoms with Crippen molar-refractivity contribution in [2.24, 2.45) is 0 Å². The van der Waals surface area contributed by atoms with E-state index in [1.54, 1.807) is 6.20 Å². The molecule has 0 aliphatic heterocycles. The zero-order chi connectivity index (χ0) is 26.5. The molecule has 3 aromatic heterocycles. The molecule has 38 heavy (non-hydrogen) atoms. The number of aromatic nitrogens is 6. The lowest BCUT2D eigenvalue weighted by Gasteiger charge is -2.30. The lowest BCUT2D eigenvalue weighted by atomic mass is 10.0. The highest BCUT2D eigenvalue weighted by Crippen LogP contribution is 2.27. The van der Waals surface area contributed by atoms with Crippen molar-refractivity contribution < 1.29 is 0 Å². The second kappa shape index (κ2) is 11.5. The first-order valence-corrected chi connectivity index (χ1v) is 13.1. The second-order valence-corrected chi connectivity index (χ2v) is 9.85. The molecule has 0 saturated heterocycles. The highest BCUT2D eigenvalue weighted by molar-refractivity contribution is 5.83. The molecule has 3 heterocycles. The van der Waals surface area contributed by atoms with E-state index in [1.165, 1.54) is 5.56 Å². The van der Waals surface area contributed by atoms with E-state index in [0.717, 1.165) is 51.8 Å². The van der Waals surface area contributed by atoms with E-state index < -0.39 is 0 Å². The first-order valence-electron chi connectivity index (χ1n) is 13.1. The Bertz CT molecular complexity index is 1560. The number of benzene rings is 2. The van der Waals surface area contributed by atoms with E-state index >= 15 is 0 Å². The van der Waals surface area contributed by atoms with Crippen molar-refractivity contribution in [3.05, 3.63) is 117 Å². The van der Waals surface area contributed by atoms with Gasteiger partial charge in [0.1, 0.15) is 0 Å². The fourth-order valence-corrected chi connectivity index (χ4v) is 5.15. The number of nitrogens with zero attached hydrogens (tertiary/aromatic N) is 6. The second-order valence-electron chi connectivity index (χ2n) is 9.85. The Morgan fingerprint density at radius 3 is 2.58 bits per heavy atom. The highest BCUT2D eigenvalue weighted by atomic mass is 16.1. The van der Waals surface area contributed by atoms with Gasteiger partial charge in [-0.3, -0.25) is 14.7 Å². The van der Waals surface area contributed by atoms with Crippen LogP contribution >= 0.6 is 0 Å². The Morgan fingerprint density at radius 2 is 1.82 bits per heavy atom. The summed E-state index contributed by atoms with van der Waals surface area (Å²) in [6.45, 7) is 8.01. The maximum Gasteiger partial charge on any atom is 0.252 e. The number of nitrogens with one attached hydrogen (secondary N) is 1. The third kappa shape index (κ3) is 5.70.